The Bertz CT molecular complexity index is 360. The molecule has 2 aliphatic heterocycles. The molecule has 0 atom stereocenters. The van der Waals surface area contributed by atoms with Crippen LogP contribution in [0.25, 0.3) is 0 Å². The second kappa shape index (κ2) is 6.54. The molecule has 6 nitrogen and oxygen atoms in total. The van der Waals surface area contributed by atoms with Crippen molar-refractivity contribution in [3.05, 3.63) is 0 Å². The van der Waals surface area contributed by atoms with Crippen molar-refractivity contribution in [3.63, 3.8) is 0 Å². The molecule has 0 aliphatic carbocycles. The lowest BCUT2D eigenvalue weighted by Gasteiger charge is -2.39. The molecule has 2 fully saturated rings. The first-order valence-electron chi connectivity index (χ1n) is 7.33. The number of esters is 1. The average Bonchev–Trinajstić information content (AvgIpc) is 2.43. The largest absolute Gasteiger partial charge is 0.466 e. The first kappa shape index (κ1) is 15.3. The van der Waals surface area contributed by atoms with Crippen molar-refractivity contribution in [2.75, 3.05) is 39.4 Å². The Morgan fingerprint density at radius 1 is 1.30 bits per heavy atom. The summed E-state index contributed by atoms with van der Waals surface area (Å²) >= 11 is 0. The van der Waals surface area contributed by atoms with Crippen LogP contribution in [0.15, 0.2) is 0 Å². The van der Waals surface area contributed by atoms with Crippen molar-refractivity contribution in [2.24, 2.45) is 5.92 Å². The van der Waals surface area contributed by atoms with E-state index < -0.39 is 0 Å². The summed E-state index contributed by atoms with van der Waals surface area (Å²) in [5, 5.41) is 3.13. The molecular weight excluding hydrogens is 260 g/mol. The minimum Gasteiger partial charge on any atom is -0.466 e. The van der Waals surface area contributed by atoms with Gasteiger partial charge < -0.3 is 19.7 Å². The lowest BCUT2D eigenvalue weighted by atomic mass is 9.97. The van der Waals surface area contributed by atoms with E-state index in [2.05, 4.69) is 5.32 Å². The fourth-order valence-electron chi connectivity index (χ4n) is 2.53. The van der Waals surface area contributed by atoms with Crippen LogP contribution in [0.3, 0.4) is 0 Å². The van der Waals surface area contributed by atoms with Crippen molar-refractivity contribution in [3.8, 4) is 0 Å². The summed E-state index contributed by atoms with van der Waals surface area (Å²) in [5.41, 5.74) is -0.196. The van der Waals surface area contributed by atoms with Gasteiger partial charge in [-0.3, -0.25) is 9.59 Å². The number of ether oxygens (including phenoxy) is 2. The van der Waals surface area contributed by atoms with Crippen LogP contribution in [0.4, 0.5) is 0 Å². The van der Waals surface area contributed by atoms with Gasteiger partial charge in [0.05, 0.1) is 18.1 Å². The second-order valence-corrected chi connectivity index (χ2v) is 5.75. The predicted molar refractivity (Wildman–Crippen MR) is 73.2 cm³/mol. The highest BCUT2D eigenvalue weighted by atomic mass is 16.5. The maximum absolute atomic E-state index is 12.1. The zero-order valence-electron chi connectivity index (χ0n) is 12.3. The van der Waals surface area contributed by atoms with E-state index in [9.17, 15) is 9.59 Å². The third-order valence-corrected chi connectivity index (χ3v) is 4.01. The lowest BCUT2D eigenvalue weighted by molar-refractivity contribution is -0.154. The zero-order chi connectivity index (χ0) is 14.6. The highest BCUT2D eigenvalue weighted by Gasteiger charge is 2.34. The van der Waals surface area contributed by atoms with Crippen LogP contribution in [0, 0.1) is 5.92 Å². The standard InChI is InChI=1S/C14H24N2O4/c1-3-19-13(18)11-4-6-16(7-5-11)12(17)8-20-14(2)9-15-10-14/h11,15H,3-10H2,1-2H3. The molecule has 0 spiro atoms. The van der Waals surface area contributed by atoms with Gasteiger partial charge in [-0.05, 0) is 26.7 Å². The average molecular weight is 284 g/mol. The normalized spacial score (nSPS) is 22.2. The number of amides is 1. The summed E-state index contributed by atoms with van der Waals surface area (Å²) in [5.74, 6) is -0.183. The van der Waals surface area contributed by atoms with E-state index in [4.69, 9.17) is 9.47 Å². The van der Waals surface area contributed by atoms with Crippen molar-refractivity contribution in [1.82, 2.24) is 10.2 Å². The molecule has 2 rings (SSSR count). The number of rotatable bonds is 5. The number of piperidine rings is 1. The van der Waals surface area contributed by atoms with Crippen LogP contribution >= 0.6 is 0 Å². The maximum Gasteiger partial charge on any atom is 0.309 e. The fraction of sp³-hybridized carbons (Fsp3) is 0.857. The molecule has 2 heterocycles. The van der Waals surface area contributed by atoms with Crippen LogP contribution in [0.5, 0.6) is 0 Å². The highest BCUT2D eigenvalue weighted by molar-refractivity contribution is 5.78. The first-order chi connectivity index (χ1) is 9.54. The first-order valence-corrected chi connectivity index (χ1v) is 7.33. The lowest BCUT2D eigenvalue weighted by Crippen LogP contribution is -2.59. The predicted octanol–water partition coefficient (Wildman–Crippen LogP) is 0.167. The highest BCUT2D eigenvalue weighted by Crippen LogP contribution is 2.20. The van der Waals surface area contributed by atoms with Gasteiger partial charge in [-0.2, -0.15) is 0 Å². The Morgan fingerprint density at radius 2 is 1.95 bits per heavy atom. The van der Waals surface area contributed by atoms with E-state index in [0.29, 0.717) is 32.5 Å². The fourth-order valence-corrected chi connectivity index (χ4v) is 2.53. The summed E-state index contributed by atoms with van der Waals surface area (Å²) < 4.78 is 10.7. The maximum atomic E-state index is 12.1. The van der Waals surface area contributed by atoms with E-state index in [0.717, 1.165) is 13.1 Å². The number of carbonyl (C=O) groups is 2. The van der Waals surface area contributed by atoms with Gasteiger partial charge in [0.15, 0.2) is 0 Å². The topological polar surface area (TPSA) is 67.9 Å². The Morgan fingerprint density at radius 3 is 2.45 bits per heavy atom. The number of hydrogen-bond donors (Lipinski definition) is 1. The molecular formula is C14H24N2O4. The van der Waals surface area contributed by atoms with Crippen molar-refractivity contribution >= 4 is 11.9 Å². The Labute approximate surface area is 119 Å². The van der Waals surface area contributed by atoms with E-state index in [1.165, 1.54) is 0 Å². The van der Waals surface area contributed by atoms with Gasteiger partial charge in [-0.25, -0.2) is 0 Å². The molecule has 0 aromatic carbocycles. The molecule has 0 unspecified atom stereocenters. The number of nitrogens with zero attached hydrogens (tertiary/aromatic N) is 1. The van der Waals surface area contributed by atoms with Gasteiger partial charge in [0.2, 0.25) is 5.91 Å². The molecule has 2 saturated heterocycles. The second-order valence-electron chi connectivity index (χ2n) is 5.75. The van der Waals surface area contributed by atoms with Gasteiger partial charge in [0, 0.05) is 26.2 Å². The third-order valence-electron chi connectivity index (χ3n) is 4.01. The Hall–Kier alpha value is -1.14. The number of carbonyl (C=O) groups excluding carboxylic acids is 2. The molecule has 0 aromatic rings. The Kier molecular flexibility index (Phi) is 4.99. The zero-order valence-corrected chi connectivity index (χ0v) is 12.3. The van der Waals surface area contributed by atoms with Crippen LogP contribution in [0.1, 0.15) is 26.7 Å². The summed E-state index contributed by atoms with van der Waals surface area (Å²) in [6, 6.07) is 0. The van der Waals surface area contributed by atoms with Crippen LogP contribution < -0.4 is 5.32 Å². The van der Waals surface area contributed by atoms with Crippen molar-refractivity contribution in [2.45, 2.75) is 32.3 Å². The molecule has 0 saturated carbocycles. The molecule has 0 aromatic heterocycles. The van der Waals surface area contributed by atoms with Crippen LogP contribution in [0.2, 0.25) is 0 Å². The van der Waals surface area contributed by atoms with Crippen molar-refractivity contribution in [1.29, 1.82) is 0 Å². The molecule has 2 aliphatic rings. The summed E-state index contributed by atoms with van der Waals surface area (Å²) in [6.07, 6.45) is 1.37. The van der Waals surface area contributed by atoms with Gasteiger partial charge >= 0.3 is 5.97 Å². The monoisotopic (exact) mass is 284 g/mol. The van der Waals surface area contributed by atoms with Crippen molar-refractivity contribution < 1.29 is 19.1 Å². The van der Waals surface area contributed by atoms with Crippen LogP contribution in [-0.2, 0) is 19.1 Å². The van der Waals surface area contributed by atoms with Gasteiger partial charge in [0.25, 0.3) is 0 Å². The summed E-state index contributed by atoms with van der Waals surface area (Å²) in [7, 11) is 0. The smallest absolute Gasteiger partial charge is 0.309 e. The van der Waals surface area contributed by atoms with Gasteiger partial charge in [0.1, 0.15) is 6.61 Å². The van der Waals surface area contributed by atoms with E-state index >= 15 is 0 Å². The van der Waals surface area contributed by atoms with Crippen LogP contribution in [-0.4, -0.2) is 61.8 Å². The molecule has 0 bridgehead atoms. The minimum atomic E-state index is -0.196. The molecule has 1 N–H and O–H groups in total. The number of nitrogens with one attached hydrogen (secondary N) is 1. The summed E-state index contributed by atoms with van der Waals surface area (Å²) in [6.45, 7) is 7.17. The SMILES string of the molecule is CCOC(=O)C1CCN(C(=O)COC2(C)CNC2)CC1. The molecule has 0 radical (unpaired) electrons. The summed E-state index contributed by atoms with van der Waals surface area (Å²) in [4.78, 5) is 25.5. The van der Waals surface area contributed by atoms with E-state index in [1.54, 1.807) is 4.90 Å². The number of hydrogen-bond acceptors (Lipinski definition) is 5. The molecule has 114 valence electrons. The van der Waals surface area contributed by atoms with Gasteiger partial charge in [-0.1, -0.05) is 0 Å². The number of likely N-dealkylation sites (tertiary alicyclic amines) is 1. The Balaban J connectivity index is 1.70. The quantitative estimate of drug-likeness (QED) is 0.729. The minimum absolute atomic E-state index is 0.0143. The molecule has 1 amide bonds. The van der Waals surface area contributed by atoms with E-state index in [1.807, 2.05) is 13.8 Å². The molecule has 20 heavy (non-hydrogen) atoms. The third kappa shape index (κ3) is 3.70. The van der Waals surface area contributed by atoms with E-state index in [-0.39, 0.29) is 30.0 Å². The molecule has 6 heteroatoms. The van der Waals surface area contributed by atoms with Gasteiger partial charge in [-0.15, -0.1) is 0 Å².